The smallest absolute Gasteiger partial charge is 0.261 e. The number of carbonyl (C=O) groups is 2. The molecule has 20 heavy (non-hydrogen) atoms. The number of nitrogens with zero attached hydrogens (tertiary/aromatic N) is 1. The maximum absolute atomic E-state index is 12.3. The predicted molar refractivity (Wildman–Crippen MR) is 76.6 cm³/mol. The van der Waals surface area contributed by atoms with Gasteiger partial charge >= 0.3 is 0 Å². The van der Waals surface area contributed by atoms with Gasteiger partial charge in [0.2, 0.25) is 0 Å². The van der Waals surface area contributed by atoms with Crippen molar-refractivity contribution in [2.45, 2.75) is 31.7 Å². The maximum Gasteiger partial charge on any atom is 0.261 e. The zero-order valence-corrected chi connectivity index (χ0v) is 11.8. The van der Waals surface area contributed by atoms with Crippen molar-refractivity contribution < 1.29 is 9.59 Å². The van der Waals surface area contributed by atoms with Crippen molar-refractivity contribution in [1.82, 2.24) is 10.2 Å². The number of imide groups is 1. The lowest BCUT2D eigenvalue weighted by atomic mass is 9.85. The van der Waals surface area contributed by atoms with Gasteiger partial charge in [0.25, 0.3) is 11.8 Å². The molecule has 1 aromatic carbocycles. The Kier molecular flexibility index (Phi) is 3.57. The Bertz CT molecular complexity index is 506. The number of fused-ring (bicyclic) bond motifs is 1. The summed E-state index contributed by atoms with van der Waals surface area (Å²) in [6.45, 7) is 0.560. The van der Waals surface area contributed by atoms with Crippen LogP contribution in [0.4, 0.5) is 0 Å². The fourth-order valence-corrected chi connectivity index (χ4v) is 3.38. The van der Waals surface area contributed by atoms with E-state index in [4.69, 9.17) is 0 Å². The van der Waals surface area contributed by atoms with Crippen LogP contribution in [0.25, 0.3) is 0 Å². The summed E-state index contributed by atoms with van der Waals surface area (Å²) in [5.41, 5.74) is 1.11. The van der Waals surface area contributed by atoms with Crippen molar-refractivity contribution in [1.29, 1.82) is 0 Å². The van der Waals surface area contributed by atoms with Crippen LogP contribution in [0.3, 0.4) is 0 Å². The average molecular weight is 272 g/mol. The molecule has 4 heteroatoms. The van der Waals surface area contributed by atoms with E-state index in [0.717, 1.165) is 12.8 Å². The van der Waals surface area contributed by atoms with E-state index in [9.17, 15) is 9.59 Å². The summed E-state index contributed by atoms with van der Waals surface area (Å²) in [4.78, 5) is 26.1. The van der Waals surface area contributed by atoms with Crippen molar-refractivity contribution in [2.75, 3.05) is 13.6 Å². The minimum Gasteiger partial charge on any atom is -0.317 e. The third-order valence-corrected chi connectivity index (χ3v) is 4.51. The number of rotatable bonds is 3. The molecule has 1 fully saturated rings. The SMILES string of the molecule is CNC1CCCC(CN2C(=O)c3ccccc3C2=O)C1. The molecule has 0 bridgehead atoms. The first-order chi connectivity index (χ1) is 9.70. The molecule has 1 saturated carbocycles. The van der Waals surface area contributed by atoms with Crippen LogP contribution in [0, 0.1) is 5.92 Å². The lowest BCUT2D eigenvalue weighted by molar-refractivity contribution is 0.0611. The molecule has 3 rings (SSSR count). The number of nitrogens with one attached hydrogen (secondary N) is 1. The molecular weight excluding hydrogens is 252 g/mol. The molecule has 1 heterocycles. The second-order valence-corrected chi connectivity index (χ2v) is 5.78. The minimum absolute atomic E-state index is 0.128. The van der Waals surface area contributed by atoms with Crippen LogP contribution in [0.15, 0.2) is 24.3 Å². The largest absolute Gasteiger partial charge is 0.317 e. The summed E-state index contributed by atoms with van der Waals surface area (Å²) in [7, 11) is 1.98. The van der Waals surface area contributed by atoms with Crippen LogP contribution < -0.4 is 5.32 Å². The maximum atomic E-state index is 12.3. The highest BCUT2D eigenvalue weighted by molar-refractivity contribution is 6.21. The number of carbonyl (C=O) groups excluding carboxylic acids is 2. The Hall–Kier alpha value is -1.68. The molecule has 2 amide bonds. The fourth-order valence-electron chi connectivity index (χ4n) is 3.38. The van der Waals surface area contributed by atoms with Crippen molar-refractivity contribution in [2.24, 2.45) is 5.92 Å². The summed E-state index contributed by atoms with van der Waals surface area (Å²) in [6, 6.07) is 7.62. The van der Waals surface area contributed by atoms with E-state index >= 15 is 0 Å². The topological polar surface area (TPSA) is 49.4 Å². The van der Waals surface area contributed by atoms with Crippen LogP contribution >= 0.6 is 0 Å². The van der Waals surface area contributed by atoms with E-state index in [-0.39, 0.29) is 11.8 Å². The lowest BCUT2D eigenvalue weighted by Crippen LogP contribution is -2.39. The second kappa shape index (κ2) is 5.37. The summed E-state index contributed by atoms with van der Waals surface area (Å²) in [6.07, 6.45) is 4.50. The Morgan fingerprint density at radius 3 is 2.40 bits per heavy atom. The van der Waals surface area contributed by atoms with Gasteiger partial charge in [0.1, 0.15) is 0 Å². The molecule has 1 aromatic rings. The van der Waals surface area contributed by atoms with Crippen molar-refractivity contribution >= 4 is 11.8 Å². The molecule has 0 aromatic heterocycles. The monoisotopic (exact) mass is 272 g/mol. The standard InChI is InChI=1S/C16H20N2O2/c1-17-12-6-4-5-11(9-12)10-18-15(19)13-7-2-3-8-14(13)16(18)20/h2-3,7-8,11-12,17H,4-6,9-10H2,1H3. The van der Waals surface area contributed by atoms with Crippen molar-refractivity contribution in [3.8, 4) is 0 Å². The highest BCUT2D eigenvalue weighted by Gasteiger charge is 2.37. The first-order valence-corrected chi connectivity index (χ1v) is 7.33. The Morgan fingerprint density at radius 2 is 1.80 bits per heavy atom. The quantitative estimate of drug-likeness (QED) is 0.857. The zero-order valence-electron chi connectivity index (χ0n) is 11.8. The molecule has 2 unspecified atom stereocenters. The minimum atomic E-state index is -0.128. The summed E-state index contributed by atoms with van der Waals surface area (Å²) in [5.74, 6) is 0.165. The van der Waals surface area contributed by atoms with Crippen molar-refractivity contribution in [3.63, 3.8) is 0 Å². The molecule has 1 N–H and O–H groups in total. The molecule has 0 radical (unpaired) electrons. The molecular formula is C16H20N2O2. The number of benzene rings is 1. The van der Waals surface area contributed by atoms with Gasteiger partial charge in [-0.2, -0.15) is 0 Å². The third-order valence-electron chi connectivity index (χ3n) is 4.51. The van der Waals surface area contributed by atoms with Gasteiger partial charge in [-0.25, -0.2) is 0 Å². The fraction of sp³-hybridized carbons (Fsp3) is 0.500. The number of hydrogen-bond donors (Lipinski definition) is 1. The number of hydrogen-bond acceptors (Lipinski definition) is 3. The molecule has 0 spiro atoms. The molecule has 106 valence electrons. The van der Waals surface area contributed by atoms with Gasteiger partial charge in [-0.1, -0.05) is 18.6 Å². The van der Waals surface area contributed by atoms with Gasteiger partial charge in [0.15, 0.2) is 0 Å². The zero-order chi connectivity index (χ0) is 14.1. The molecule has 2 aliphatic rings. The van der Waals surface area contributed by atoms with E-state index in [2.05, 4.69) is 5.32 Å². The van der Waals surface area contributed by atoms with Gasteiger partial charge in [-0.05, 0) is 44.4 Å². The Balaban J connectivity index is 1.73. The third kappa shape index (κ3) is 2.24. The molecule has 2 atom stereocenters. The van der Waals surface area contributed by atoms with Crippen LogP contribution in [-0.2, 0) is 0 Å². The molecule has 1 aliphatic heterocycles. The van der Waals surface area contributed by atoms with Gasteiger partial charge in [0, 0.05) is 12.6 Å². The van der Waals surface area contributed by atoms with Gasteiger partial charge in [0.05, 0.1) is 11.1 Å². The summed E-state index contributed by atoms with van der Waals surface area (Å²) < 4.78 is 0. The van der Waals surface area contributed by atoms with Gasteiger partial charge < -0.3 is 5.32 Å². The van der Waals surface area contributed by atoms with Crippen LogP contribution in [0.1, 0.15) is 46.4 Å². The van der Waals surface area contributed by atoms with Crippen LogP contribution in [0.2, 0.25) is 0 Å². The van der Waals surface area contributed by atoms with Crippen LogP contribution in [0.5, 0.6) is 0 Å². The van der Waals surface area contributed by atoms with Gasteiger partial charge in [-0.3, -0.25) is 14.5 Å². The van der Waals surface area contributed by atoms with E-state index < -0.39 is 0 Å². The second-order valence-electron chi connectivity index (χ2n) is 5.78. The van der Waals surface area contributed by atoms with E-state index in [1.165, 1.54) is 17.7 Å². The van der Waals surface area contributed by atoms with Crippen LogP contribution in [-0.4, -0.2) is 36.3 Å². The molecule has 1 aliphatic carbocycles. The number of amides is 2. The molecule has 4 nitrogen and oxygen atoms in total. The first-order valence-electron chi connectivity index (χ1n) is 7.33. The molecule has 0 saturated heterocycles. The highest BCUT2D eigenvalue weighted by atomic mass is 16.2. The average Bonchev–Trinajstić information content (AvgIpc) is 2.73. The normalized spacial score (nSPS) is 25.9. The Morgan fingerprint density at radius 1 is 1.15 bits per heavy atom. The lowest BCUT2D eigenvalue weighted by Gasteiger charge is -2.31. The predicted octanol–water partition coefficient (Wildman–Crippen LogP) is 2.06. The Labute approximate surface area is 119 Å². The summed E-state index contributed by atoms with van der Waals surface area (Å²) in [5, 5.41) is 3.31. The van der Waals surface area contributed by atoms with Gasteiger partial charge in [-0.15, -0.1) is 0 Å². The van der Waals surface area contributed by atoms with E-state index in [1.807, 2.05) is 19.2 Å². The van der Waals surface area contributed by atoms with E-state index in [1.54, 1.807) is 12.1 Å². The van der Waals surface area contributed by atoms with Crippen molar-refractivity contribution in [3.05, 3.63) is 35.4 Å². The highest BCUT2D eigenvalue weighted by Crippen LogP contribution is 2.29. The van der Waals surface area contributed by atoms with E-state index in [0.29, 0.717) is 29.6 Å². The summed E-state index contributed by atoms with van der Waals surface area (Å²) >= 11 is 0. The first kappa shape index (κ1) is 13.3.